The first-order valence-corrected chi connectivity index (χ1v) is 31.4. The molecule has 23 heteroatoms. The van der Waals surface area contributed by atoms with Gasteiger partial charge in [0.2, 0.25) is 0 Å². The number of rotatable bonds is 36. The minimum Gasteiger partial charge on any atom is -0.466 e. The molecule has 3 atom stereocenters. The average Bonchev–Trinajstić information content (AvgIpc) is 1.80. The van der Waals surface area contributed by atoms with Crippen molar-refractivity contribution in [3.8, 4) is 61.7 Å². The normalized spacial score (nSPS) is 12.4. The molecule has 3 unspecified atom stereocenters. The maximum absolute atomic E-state index is 13.9. The van der Waals surface area contributed by atoms with Gasteiger partial charge in [0.15, 0.2) is 0 Å². The fourth-order valence-corrected chi connectivity index (χ4v) is 10.4. The summed E-state index contributed by atoms with van der Waals surface area (Å²) in [5.74, 6) is 11.0. The van der Waals surface area contributed by atoms with Gasteiger partial charge < -0.3 is 18.9 Å². The molecule has 4 heterocycles. The third kappa shape index (κ3) is 23.1. The fraction of sp³-hybridized carbons (Fsp3) is 0.444. The van der Waals surface area contributed by atoms with Crippen LogP contribution in [-0.2, 0) is 70.8 Å². The Morgan fingerprint density at radius 2 is 0.747 bits per heavy atom. The van der Waals surface area contributed by atoms with Crippen LogP contribution in [0.3, 0.4) is 0 Å². The van der Waals surface area contributed by atoms with Crippen LogP contribution in [0.1, 0.15) is 139 Å². The standard InChI is InChI=1S/C63H78N14O8.C9H9N/c1-11-31-72(32-12-2)38-50-42-74(68-64-50)46-57(78)84-33-24-34-85-60(81)63(9,10)37-56(49-29-22-17-23-30-49)77-45-53(67-71-77)41-73(39-51-43-75(69-65-51)54(47-25-18-15-19-26-47)35-61(5,6)58(79)82-13-3)40-52-44-76(70-66-52)55(48-27-20-16-21-28-48)36-62(7,8)59(80)83-14-4;1-4-7-10(8-5-2)9-6-3/h1-2,15-23,25-30,42-45,54-56H,13-14,24,31-41,46H2,3-10H3;1-3H,7-9H2. The van der Waals surface area contributed by atoms with Gasteiger partial charge in [0.05, 0.1) is 141 Å². The van der Waals surface area contributed by atoms with E-state index in [1.54, 1.807) is 34.1 Å². The van der Waals surface area contributed by atoms with Crippen molar-refractivity contribution in [1.82, 2.24) is 74.7 Å². The molecule has 0 amide bonds. The van der Waals surface area contributed by atoms with Crippen LogP contribution in [0, 0.1) is 78.0 Å². The minimum absolute atomic E-state index is 0.0288. The predicted octanol–water partition coefficient (Wildman–Crippen LogP) is 7.83. The maximum Gasteiger partial charge on any atom is 0.327 e. The summed E-state index contributed by atoms with van der Waals surface area (Å²) in [5, 5.41) is 36.2. The number of hydrogen-bond donors (Lipinski definition) is 0. The molecule has 0 N–H and O–H groups in total. The molecule has 498 valence electrons. The van der Waals surface area contributed by atoms with Crippen molar-refractivity contribution in [2.24, 2.45) is 16.2 Å². The van der Waals surface area contributed by atoms with Gasteiger partial charge in [-0.1, -0.05) is 141 Å². The molecule has 7 aromatic rings. The first kappa shape index (κ1) is 73.8. The van der Waals surface area contributed by atoms with E-state index in [0.29, 0.717) is 94.4 Å². The second-order valence-corrected chi connectivity index (χ2v) is 24.6. The lowest BCUT2D eigenvalue weighted by atomic mass is 9.83. The number of aromatic nitrogens is 12. The molecule has 0 aliphatic rings. The zero-order chi connectivity index (χ0) is 68.8. The Hall–Kier alpha value is -10.2. The molecule has 0 fully saturated rings. The number of esters is 4. The van der Waals surface area contributed by atoms with Gasteiger partial charge >= 0.3 is 23.9 Å². The number of hydrogen-bond acceptors (Lipinski definition) is 19. The topological polar surface area (TPSA) is 238 Å². The number of nitrogens with zero attached hydrogens (tertiary/aromatic N) is 15. The fourth-order valence-electron chi connectivity index (χ4n) is 10.4. The van der Waals surface area contributed by atoms with Crippen LogP contribution in [0.2, 0.25) is 0 Å². The van der Waals surface area contributed by atoms with Crippen LogP contribution in [0.5, 0.6) is 0 Å². The van der Waals surface area contributed by atoms with E-state index < -0.39 is 34.2 Å². The number of benzene rings is 3. The first-order valence-electron chi connectivity index (χ1n) is 31.4. The highest BCUT2D eigenvalue weighted by Crippen LogP contribution is 2.37. The smallest absolute Gasteiger partial charge is 0.327 e. The van der Waals surface area contributed by atoms with E-state index in [2.05, 4.69) is 60.5 Å². The monoisotopic (exact) mass is 1290 g/mol. The van der Waals surface area contributed by atoms with Crippen LogP contribution in [0.15, 0.2) is 116 Å². The van der Waals surface area contributed by atoms with Crippen molar-refractivity contribution in [1.29, 1.82) is 0 Å². The Morgan fingerprint density at radius 1 is 0.432 bits per heavy atom. The van der Waals surface area contributed by atoms with E-state index in [0.717, 1.165) is 16.7 Å². The largest absolute Gasteiger partial charge is 0.466 e. The summed E-state index contributed by atoms with van der Waals surface area (Å²) < 4.78 is 29.0. The minimum atomic E-state index is -1.000. The van der Waals surface area contributed by atoms with Crippen LogP contribution in [0.25, 0.3) is 0 Å². The molecule has 0 spiro atoms. The molecular formula is C72H87N15O8. The molecule has 23 nitrogen and oxygen atoms in total. The van der Waals surface area contributed by atoms with Crippen molar-refractivity contribution in [3.63, 3.8) is 0 Å². The van der Waals surface area contributed by atoms with E-state index in [-0.39, 0.29) is 70.0 Å². The summed E-state index contributed by atoms with van der Waals surface area (Å²) in [6, 6.07) is 28.4. The summed E-state index contributed by atoms with van der Waals surface area (Å²) in [4.78, 5) is 58.8. The van der Waals surface area contributed by atoms with Crippen LogP contribution in [-0.4, -0.2) is 158 Å². The summed E-state index contributed by atoms with van der Waals surface area (Å²) in [7, 11) is 0. The second-order valence-electron chi connectivity index (χ2n) is 24.6. The van der Waals surface area contributed by atoms with E-state index in [4.69, 9.17) is 66.4 Å². The Bertz CT molecular complexity index is 3590. The average molecular weight is 1290 g/mol. The van der Waals surface area contributed by atoms with E-state index in [1.165, 1.54) is 4.68 Å². The van der Waals surface area contributed by atoms with Gasteiger partial charge in [0, 0.05) is 32.6 Å². The Balaban J connectivity index is 0.00000132. The maximum atomic E-state index is 13.9. The van der Waals surface area contributed by atoms with E-state index >= 15 is 0 Å². The summed E-state index contributed by atoms with van der Waals surface area (Å²) >= 11 is 0. The zero-order valence-corrected chi connectivity index (χ0v) is 55.8. The highest BCUT2D eigenvalue weighted by atomic mass is 16.6. The summed E-state index contributed by atoms with van der Waals surface area (Å²) in [6.07, 6.45) is 34.8. The zero-order valence-electron chi connectivity index (χ0n) is 55.8. The van der Waals surface area contributed by atoms with Gasteiger partial charge in [-0.2, -0.15) is 0 Å². The van der Waals surface area contributed by atoms with Crippen molar-refractivity contribution in [2.75, 3.05) is 59.2 Å². The third-order valence-electron chi connectivity index (χ3n) is 15.3. The van der Waals surface area contributed by atoms with Crippen LogP contribution in [0.4, 0.5) is 0 Å². The molecule has 0 aliphatic heterocycles. The Kier molecular flexibility index (Phi) is 28.7. The lowest BCUT2D eigenvalue weighted by Gasteiger charge is -2.28. The van der Waals surface area contributed by atoms with Crippen molar-refractivity contribution in [3.05, 3.63) is 155 Å². The first-order chi connectivity index (χ1) is 45.6. The number of ether oxygens (including phenoxy) is 4. The Morgan fingerprint density at radius 3 is 1.11 bits per heavy atom. The van der Waals surface area contributed by atoms with Crippen molar-refractivity contribution < 1.29 is 38.1 Å². The molecule has 0 bridgehead atoms. The number of terminal acetylenes is 5. The number of carbonyl (C=O) groups excluding carboxylic acids is 4. The molecule has 0 saturated heterocycles. The molecule has 7 rings (SSSR count). The highest BCUT2D eigenvalue weighted by Gasteiger charge is 2.37. The van der Waals surface area contributed by atoms with Gasteiger partial charge in [-0.15, -0.1) is 52.5 Å². The summed E-state index contributed by atoms with van der Waals surface area (Å²) in [5.41, 5.74) is 2.68. The SMILES string of the molecule is C#CCN(CC#C)CC#C.C#CCN(CC#C)Cc1cn(CC(=O)OCCCOC(=O)C(C)(C)CC(c2ccccc2)n2cc(CN(Cc3cn(C(CC(C)(C)C(=O)OCC)c4ccccc4)nn3)Cc3cn(C(CC(C)(C)C(=O)OCC)c4ccccc4)nn3)nn2)nn1. The lowest BCUT2D eigenvalue weighted by molar-refractivity contribution is -0.156. The molecule has 0 saturated carbocycles. The van der Waals surface area contributed by atoms with E-state index in [1.807, 2.05) is 161 Å². The molecule has 3 aromatic carbocycles. The molecule has 0 radical (unpaired) electrons. The molecule has 0 aliphatic carbocycles. The van der Waals surface area contributed by atoms with Gasteiger partial charge in [-0.05, 0) is 91.3 Å². The van der Waals surface area contributed by atoms with E-state index in [9.17, 15) is 19.2 Å². The quantitative estimate of drug-likeness (QED) is 0.0157. The van der Waals surface area contributed by atoms with Gasteiger partial charge in [-0.3, -0.25) is 33.9 Å². The molecular weight excluding hydrogens is 1200 g/mol. The van der Waals surface area contributed by atoms with Gasteiger partial charge in [0.1, 0.15) is 6.54 Å². The summed E-state index contributed by atoms with van der Waals surface area (Å²) in [6.45, 7) is 18.7. The van der Waals surface area contributed by atoms with Gasteiger partial charge in [-0.25, -0.2) is 18.7 Å². The number of carbonyl (C=O) groups is 4. The lowest BCUT2D eigenvalue weighted by Crippen LogP contribution is -2.31. The van der Waals surface area contributed by atoms with Crippen LogP contribution < -0.4 is 0 Å². The Labute approximate surface area is 558 Å². The second kappa shape index (κ2) is 36.9. The van der Waals surface area contributed by atoms with Crippen molar-refractivity contribution in [2.45, 2.75) is 132 Å². The van der Waals surface area contributed by atoms with Crippen molar-refractivity contribution >= 4 is 23.9 Å². The molecule has 4 aromatic heterocycles. The van der Waals surface area contributed by atoms with Gasteiger partial charge in [0.25, 0.3) is 0 Å². The predicted molar refractivity (Wildman–Crippen MR) is 358 cm³/mol. The third-order valence-corrected chi connectivity index (χ3v) is 15.3. The molecule has 95 heavy (non-hydrogen) atoms. The highest BCUT2D eigenvalue weighted by molar-refractivity contribution is 5.77. The van der Waals surface area contributed by atoms with Crippen LogP contribution >= 0.6 is 0 Å².